The lowest BCUT2D eigenvalue weighted by Gasteiger charge is -2.22. The topological polar surface area (TPSA) is 43.8 Å². The number of rotatable bonds is 9. The maximum absolute atomic E-state index is 6.43. The third-order valence-corrected chi connectivity index (χ3v) is 4.08. The van der Waals surface area contributed by atoms with Gasteiger partial charge < -0.3 is 5.73 Å². The van der Waals surface area contributed by atoms with E-state index in [0.717, 1.165) is 19.4 Å². The largest absolute Gasteiger partial charge is 0.327 e. The van der Waals surface area contributed by atoms with Gasteiger partial charge in [0.2, 0.25) is 0 Å². The van der Waals surface area contributed by atoms with Crippen LogP contribution < -0.4 is 5.73 Å². The molecule has 1 aromatic rings. The Hall–Kier alpha value is -0.830. The third-order valence-electron chi connectivity index (χ3n) is 4.08. The molecule has 0 fully saturated rings. The molecular formula is C16H31N3. The summed E-state index contributed by atoms with van der Waals surface area (Å²) in [7, 11) is 0. The van der Waals surface area contributed by atoms with E-state index in [4.69, 9.17) is 5.73 Å². The second-order valence-electron chi connectivity index (χ2n) is 5.47. The van der Waals surface area contributed by atoms with E-state index in [1.807, 2.05) is 0 Å². The van der Waals surface area contributed by atoms with Gasteiger partial charge in [0.1, 0.15) is 0 Å². The van der Waals surface area contributed by atoms with Crippen molar-refractivity contribution < 1.29 is 0 Å². The number of hydrogen-bond acceptors (Lipinski definition) is 2. The minimum atomic E-state index is 0.267. The van der Waals surface area contributed by atoms with E-state index >= 15 is 0 Å². The first kappa shape index (κ1) is 16.2. The van der Waals surface area contributed by atoms with E-state index in [0.29, 0.717) is 5.92 Å². The van der Waals surface area contributed by atoms with Crippen LogP contribution >= 0.6 is 0 Å². The van der Waals surface area contributed by atoms with Crippen LogP contribution in [0.25, 0.3) is 0 Å². The Morgan fingerprint density at radius 3 is 2.53 bits per heavy atom. The van der Waals surface area contributed by atoms with Gasteiger partial charge >= 0.3 is 0 Å². The standard InChI is InChI=1S/C16H31N3/c1-5-9-10-13(6-2)16(17)12-15-11-14(7-3)18-19(15)8-4/h11,13,16H,5-10,12,17H2,1-4H3. The second-order valence-corrected chi connectivity index (χ2v) is 5.47. The van der Waals surface area contributed by atoms with Crippen LogP contribution in [-0.4, -0.2) is 15.8 Å². The lowest BCUT2D eigenvalue weighted by molar-refractivity contribution is 0.363. The summed E-state index contributed by atoms with van der Waals surface area (Å²) in [6.07, 6.45) is 6.96. The Labute approximate surface area is 118 Å². The number of aromatic nitrogens is 2. The van der Waals surface area contributed by atoms with Gasteiger partial charge in [-0.1, -0.05) is 40.0 Å². The van der Waals surface area contributed by atoms with Crippen LogP contribution in [0.5, 0.6) is 0 Å². The predicted octanol–water partition coefficient (Wildman–Crippen LogP) is 3.55. The highest BCUT2D eigenvalue weighted by molar-refractivity contribution is 5.12. The van der Waals surface area contributed by atoms with E-state index < -0.39 is 0 Å². The van der Waals surface area contributed by atoms with Crippen molar-refractivity contribution in [3.63, 3.8) is 0 Å². The van der Waals surface area contributed by atoms with Crippen molar-refractivity contribution in [2.75, 3.05) is 0 Å². The van der Waals surface area contributed by atoms with Crippen LogP contribution in [0.15, 0.2) is 6.07 Å². The Morgan fingerprint density at radius 1 is 1.26 bits per heavy atom. The highest BCUT2D eigenvalue weighted by atomic mass is 15.3. The van der Waals surface area contributed by atoms with Crippen LogP contribution in [0.2, 0.25) is 0 Å². The minimum absolute atomic E-state index is 0.267. The molecule has 19 heavy (non-hydrogen) atoms. The maximum Gasteiger partial charge on any atom is 0.0624 e. The number of hydrogen-bond donors (Lipinski definition) is 1. The Kier molecular flexibility index (Phi) is 7.14. The average Bonchev–Trinajstić information content (AvgIpc) is 2.81. The molecule has 1 heterocycles. The van der Waals surface area contributed by atoms with E-state index in [1.54, 1.807) is 0 Å². The lowest BCUT2D eigenvalue weighted by atomic mass is 9.89. The fraction of sp³-hybridized carbons (Fsp3) is 0.812. The smallest absolute Gasteiger partial charge is 0.0624 e. The molecule has 0 saturated carbocycles. The van der Waals surface area contributed by atoms with Crippen molar-refractivity contribution >= 4 is 0 Å². The fourth-order valence-corrected chi connectivity index (χ4v) is 2.72. The van der Waals surface area contributed by atoms with Crippen molar-refractivity contribution in [2.45, 2.75) is 78.8 Å². The van der Waals surface area contributed by atoms with Crippen LogP contribution in [0, 0.1) is 5.92 Å². The van der Waals surface area contributed by atoms with Gasteiger partial charge in [0.05, 0.1) is 5.69 Å². The molecule has 1 rings (SSSR count). The van der Waals surface area contributed by atoms with Gasteiger partial charge in [-0.2, -0.15) is 5.10 Å². The molecule has 0 spiro atoms. The number of aryl methyl sites for hydroxylation is 2. The van der Waals surface area contributed by atoms with Crippen molar-refractivity contribution in [1.29, 1.82) is 0 Å². The third kappa shape index (κ3) is 4.64. The molecule has 3 heteroatoms. The van der Waals surface area contributed by atoms with Gasteiger partial charge in [-0.15, -0.1) is 0 Å². The minimum Gasteiger partial charge on any atom is -0.327 e. The quantitative estimate of drug-likeness (QED) is 0.742. The molecular weight excluding hydrogens is 234 g/mol. The highest BCUT2D eigenvalue weighted by Crippen LogP contribution is 2.19. The molecule has 0 bridgehead atoms. The molecule has 0 saturated heterocycles. The second kappa shape index (κ2) is 8.36. The van der Waals surface area contributed by atoms with Crippen LogP contribution in [-0.2, 0) is 19.4 Å². The number of unbranched alkanes of at least 4 members (excludes halogenated alkanes) is 1. The number of nitrogens with zero attached hydrogens (tertiary/aromatic N) is 2. The molecule has 2 unspecified atom stereocenters. The molecule has 2 N–H and O–H groups in total. The molecule has 110 valence electrons. The number of nitrogens with two attached hydrogens (primary N) is 1. The molecule has 0 amide bonds. The van der Waals surface area contributed by atoms with Crippen LogP contribution in [0.1, 0.15) is 64.8 Å². The van der Waals surface area contributed by atoms with Crippen LogP contribution in [0.4, 0.5) is 0 Å². The van der Waals surface area contributed by atoms with E-state index in [2.05, 4.69) is 43.5 Å². The maximum atomic E-state index is 6.43. The summed E-state index contributed by atoms with van der Waals surface area (Å²) in [5.41, 5.74) is 8.93. The van der Waals surface area contributed by atoms with Gasteiger partial charge in [0.15, 0.2) is 0 Å². The lowest BCUT2D eigenvalue weighted by Crippen LogP contribution is -2.32. The van der Waals surface area contributed by atoms with Crippen LogP contribution in [0.3, 0.4) is 0 Å². The van der Waals surface area contributed by atoms with Gasteiger partial charge in [-0.25, -0.2) is 0 Å². The first-order chi connectivity index (χ1) is 9.15. The normalized spacial score (nSPS) is 14.6. The molecule has 2 atom stereocenters. The Bertz CT molecular complexity index is 357. The summed E-state index contributed by atoms with van der Waals surface area (Å²) in [5.74, 6) is 0.644. The van der Waals surface area contributed by atoms with Crippen molar-refractivity contribution in [3.05, 3.63) is 17.5 Å². The van der Waals surface area contributed by atoms with Gasteiger partial charge in [0.25, 0.3) is 0 Å². The average molecular weight is 265 g/mol. The summed E-state index contributed by atoms with van der Waals surface area (Å²) < 4.78 is 2.12. The highest BCUT2D eigenvalue weighted by Gasteiger charge is 2.18. The van der Waals surface area contributed by atoms with E-state index in [-0.39, 0.29) is 6.04 Å². The summed E-state index contributed by atoms with van der Waals surface area (Å²) >= 11 is 0. The molecule has 0 aliphatic heterocycles. The van der Waals surface area contributed by atoms with E-state index in [1.165, 1.54) is 37.1 Å². The summed E-state index contributed by atoms with van der Waals surface area (Å²) in [5, 5.41) is 4.61. The molecule has 0 radical (unpaired) electrons. The molecule has 0 aromatic carbocycles. The van der Waals surface area contributed by atoms with Crippen molar-refractivity contribution in [3.8, 4) is 0 Å². The first-order valence-corrected chi connectivity index (χ1v) is 7.97. The zero-order chi connectivity index (χ0) is 14.3. The van der Waals surface area contributed by atoms with E-state index in [9.17, 15) is 0 Å². The zero-order valence-electron chi connectivity index (χ0n) is 13.2. The molecule has 3 nitrogen and oxygen atoms in total. The zero-order valence-corrected chi connectivity index (χ0v) is 13.2. The monoisotopic (exact) mass is 265 g/mol. The van der Waals surface area contributed by atoms with Gasteiger partial charge in [0, 0.05) is 24.7 Å². The first-order valence-electron chi connectivity index (χ1n) is 7.97. The Morgan fingerprint density at radius 2 is 2.00 bits per heavy atom. The van der Waals surface area contributed by atoms with Gasteiger partial charge in [-0.3, -0.25) is 4.68 Å². The molecule has 0 aliphatic rings. The summed E-state index contributed by atoms with van der Waals surface area (Å²) in [4.78, 5) is 0. The predicted molar refractivity (Wildman–Crippen MR) is 82.3 cm³/mol. The fourth-order valence-electron chi connectivity index (χ4n) is 2.72. The Balaban J connectivity index is 2.68. The molecule has 0 aliphatic carbocycles. The SMILES string of the molecule is CCCCC(CC)C(N)Cc1cc(CC)nn1CC. The summed E-state index contributed by atoms with van der Waals surface area (Å²) in [6, 6.07) is 2.50. The summed E-state index contributed by atoms with van der Waals surface area (Å²) in [6.45, 7) is 9.75. The molecule has 1 aromatic heterocycles. The van der Waals surface area contributed by atoms with Crippen molar-refractivity contribution in [2.24, 2.45) is 11.7 Å². The van der Waals surface area contributed by atoms with Crippen molar-refractivity contribution in [1.82, 2.24) is 9.78 Å². The van der Waals surface area contributed by atoms with Gasteiger partial charge in [-0.05, 0) is 31.7 Å².